The number of aromatic hydroxyl groups is 2. The zero-order chi connectivity index (χ0) is 19.5. The minimum atomic E-state index is -1.04. The lowest BCUT2D eigenvalue weighted by atomic mass is 9.89. The molecular weight excluding hydrogens is 328 g/mol. The van der Waals surface area contributed by atoms with Gasteiger partial charge in [0.05, 0.1) is 12.7 Å². The van der Waals surface area contributed by atoms with Crippen molar-refractivity contribution >= 4 is 6.08 Å². The molecule has 0 aliphatic heterocycles. The third kappa shape index (κ3) is 4.58. The highest BCUT2D eigenvalue weighted by atomic mass is 16.5. The fourth-order valence-corrected chi connectivity index (χ4v) is 3.10. The molecular formula is C22H28O4. The van der Waals surface area contributed by atoms with Crippen LogP contribution >= 0.6 is 0 Å². The number of rotatable bonds is 6. The standard InChI is InChI=1S/C22H28O4/c1-14-12-21(26-5)16(3)15(2)19(14)9-11-22(4,25)10-8-17-13-18(23)6-7-20(17)24/h6-8,10,12-13,23-25H,9,11H2,1-5H3/b10-8+/t22-/m1/s1. The maximum absolute atomic E-state index is 10.7. The average Bonchev–Trinajstić information content (AvgIpc) is 2.58. The first-order chi connectivity index (χ1) is 12.1. The summed E-state index contributed by atoms with van der Waals surface area (Å²) in [5.74, 6) is 1.02. The van der Waals surface area contributed by atoms with E-state index in [2.05, 4.69) is 13.8 Å². The molecule has 26 heavy (non-hydrogen) atoms. The predicted molar refractivity (Wildman–Crippen MR) is 105 cm³/mol. The van der Waals surface area contributed by atoms with Gasteiger partial charge in [-0.1, -0.05) is 12.2 Å². The zero-order valence-corrected chi connectivity index (χ0v) is 16.1. The van der Waals surface area contributed by atoms with Gasteiger partial charge in [-0.05, 0) is 87.1 Å². The van der Waals surface area contributed by atoms with Gasteiger partial charge < -0.3 is 20.1 Å². The maximum atomic E-state index is 10.7. The van der Waals surface area contributed by atoms with Crippen molar-refractivity contribution in [2.24, 2.45) is 0 Å². The average molecular weight is 356 g/mol. The second-order valence-electron chi connectivity index (χ2n) is 7.06. The lowest BCUT2D eigenvalue weighted by Gasteiger charge is -2.22. The topological polar surface area (TPSA) is 69.9 Å². The van der Waals surface area contributed by atoms with Gasteiger partial charge >= 0.3 is 0 Å². The molecule has 0 bridgehead atoms. The van der Waals surface area contributed by atoms with E-state index < -0.39 is 5.60 Å². The monoisotopic (exact) mass is 356 g/mol. The highest BCUT2D eigenvalue weighted by molar-refractivity contribution is 5.59. The predicted octanol–water partition coefficient (Wildman–Crippen LogP) is 4.43. The van der Waals surface area contributed by atoms with Gasteiger partial charge in [0, 0.05) is 5.56 Å². The molecule has 0 heterocycles. The fourth-order valence-electron chi connectivity index (χ4n) is 3.10. The fraction of sp³-hybridized carbons (Fsp3) is 0.364. The molecule has 0 aromatic heterocycles. The highest BCUT2D eigenvalue weighted by Crippen LogP contribution is 2.30. The second kappa shape index (κ2) is 7.83. The van der Waals surface area contributed by atoms with Gasteiger partial charge in [0.1, 0.15) is 17.2 Å². The van der Waals surface area contributed by atoms with Gasteiger partial charge in [-0.2, -0.15) is 0 Å². The molecule has 0 aliphatic carbocycles. The summed E-state index contributed by atoms with van der Waals surface area (Å²) in [6, 6.07) is 6.34. The van der Waals surface area contributed by atoms with Crippen molar-refractivity contribution in [2.75, 3.05) is 7.11 Å². The van der Waals surface area contributed by atoms with E-state index >= 15 is 0 Å². The number of ether oxygens (including phenoxy) is 1. The van der Waals surface area contributed by atoms with E-state index in [1.54, 1.807) is 26.2 Å². The Bertz CT molecular complexity index is 819. The SMILES string of the molecule is COc1cc(C)c(CC[C@](C)(O)/C=C/c2cc(O)ccc2O)c(C)c1C. The maximum Gasteiger partial charge on any atom is 0.123 e. The van der Waals surface area contributed by atoms with Crippen molar-refractivity contribution in [2.45, 2.75) is 46.1 Å². The summed E-state index contributed by atoms with van der Waals surface area (Å²) in [5, 5.41) is 30.1. The number of methoxy groups -OCH3 is 1. The minimum absolute atomic E-state index is 0.0623. The molecule has 2 aromatic carbocycles. The molecule has 2 aromatic rings. The van der Waals surface area contributed by atoms with Crippen LogP contribution < -0.4 is 4.74 Å². The summed E-state index contributed by atoms with van der Waals surface area (Å²) < 4.78 is 5.41. The number of phenolic OH excluding ortho intramolecular Hbond substituents is 2. The van der Waals surface area contributed by atoms with E-state index in [4.69, 9.17) is 4.74 Å². The Morgan fingerprint density at radius 2 is 1.77 bits per heavy atom. The molecule has 0 spiro atoms. The largest absolute Gasteiger partial charge is 0.508 e. The molecule has 0 saturated carbocycles. The number of phenols is 2. The molecule has 0 saturated heterocycles. The lowest BCUT2D eigenvalue weighted by molar-refractivity contribution is 0.103. The van der Waals surface area contributed by atoms with Crippen LogP contribution in [-0.4, -0.2) is 28.0 Å². The number of aryl methyl sites for hydroxylation is 1. The van der Waals surface area contributed by atoms with E-state index in [1.165, 1.54) is 29.3 Å². The normalized spacial score (nSPS) is 13.8. The number of hydrogen-bond acceptors (Lipinski definition) is 4. The first kappa shape index (κ1) is 19.9. The Morgan fingerprint density at radius 3 is 2.42 bits per heavy atom. The molecule has 0 amide bonds. The van der Waals surface area contributed by atoms with E-state index in [9.17, 15) is 15.3 Å². The molecule has 0 radical (unpaired) electrons. The molecule has 1 atom stereocenters. The Labute approximate surface area is 155 Å². The summed E-state index contributed by atoms with van der Waals surface area (Å²) in [4.78, 5) is 0. The Hall–Kier alpha value is -2.46. The van der Waals surface area contributed by atoms with Crippen molar-refractivity contribution in [3.63, 3.8) is 0 Å². The number of aliphatic hydroxyl groups is 1. The number of hydrogen-bond donors (Lipinski definition) is 3. The number of benzene rings is 2. The van der Waals surface area contributed by atoms with Crippen molar-refractivity contribution in [1.29, 1.82) is 0 Å². The van der Waals surface area contributed by atoms with Gasteiger partial charge in [-0.3, -0.25) is 0 Å². The van der Waals surface area contributed by atoms with E-state index in [-0.39, 0.29) is 11.5 Å². The highest BCUT2D eigenvalue weighted by Gasteiger charge is 2.19. The van der Waals surface area contributed by atoms with E-state index in [0.29, 0.717) is 12.0 Å². The van der Waals surface area contributed by atoms with Crippen LogP contribution in [0.15, 0.2) is 30.3 Å². The third-order valence-electron chi connectivity index (χ3n) is 4.94. The van der Waals surface area contributed by atoms with Crippen LogP contribution in [0.25, 0.3) is 6.08 Å². The van der Waals surface area contributed by atoms with Crippen LogP contribution in [0.2, 0.25) is 0 Å². The van der Waals surface area contributed by atoms with Gasteiger partial charge in [0.2, 0.25) is 0 Å². The molecule has 140 valence electrons. The molecule has 2 rings (SSSR count). The first-order valence-corrected chi connectivity index (χ1v) is 8.72. The van der Waals surface area contributed by atoms with Crippen molar-refractivity contribution in [1.82, 2.24) is 0 Å². The summed E-state index contributed by atoms with van der Waals surface area (Å²) >= 11 is 0. The zero-order valence-electron chi connectivity index (χ0n) is 16.1. The second-order valence-corrected chi connectivity index (χ2v) is 7.06. The van der Waals surface area contributed by atoms with Gasteiger partial charge in [0.15, 0.2) is 0 Å². The van der Waals surface area contributed by atoms with Crippen molar-refractivity contribution in [3.05, 3.63) is 58.2 Å². The van der Waals surface area contributed by atoms with Crippen LogP contribution in [0.3, 0.4) is 0 Å². The van der Waals surface area contributed by atoms with Crippen molar-refractivity contribution < 1.29 is 20.1 Å². The third-order valence-corrected chi connectivity index (χ3v) is 4.94. The quantitative estimate of drug-likeness (QED) is 0.670. The molecule has 0 fully saturated rings. The lowest BCUT2D eigenvalue weighted by Crippen LogP contribution is -2.22. The molecule has 0 aliphatic rings. The molecule has 4 heteroatoms. The Morgan fingerprint density at radius 1 is 1.08 bits per heavy atom. The van der Waals surface area contributed by atoms with E-state index in [1.807, 2.05) is 13.0 Å². The Balaban J connectivity index is 2.17. The van der Waals surface area contributed by atoms with E-state index in [0.717, 1.165) is 23.3 Å². The first-order valence-electron chi connectivity index (χ1n) is 8.72. The molecule has 4 nitrogen and oxygen atoms in total. The summed E-state index contributed by atoms with van der Waals surface area (Å²) in [6.07, 6.45) is 4.55. The van der Waals surface area contributed by atoms with Crippen LogP contribution in [0.5, 0.6) is 17.2 Å². The van der Waals surface area contributed by atoms with Crippen LogP contribution in [0.1, 0.15) is 41.2 Å². The van der Waals surface area contributed by atoms with Gasteiger partial charge in [0.25, 0.3) is 0 Å². The molecule has 3 N–H and O–H groups in total. The summed E-state index contributed by atoms with van der Waals surface area (Å²) in [6.45, 7) is 7.92. The van der Waals surface area contributed by atoms with Crippen LogP contribution in [-0.2, 0) is 6.42 Å². The molecule has 0 unspecified atom stereocenters. The Kier molecular flexibility index (Phi) is 5.98. The minimum Gasteiger partial charge on any atom is -0.508 e. The smallest absolute Gasteiger partial charge is 0.123 e. The van der Waals surface area contributed by atoms with Gasteiger partial charge in [-0.15, -0.1) is 0 Å². The van der Waals surface area contributed by atoms with Crippen LogP contribution in [0, 0.1) is 20.8 Å². The van der Waals surface area contributed by atoms with Crippen molar-refractivity contribution in [3.8, 4) is 17.2 Å². The summed E-state index contributed by atoms with van der Waals surface area (Å²) in [7, 11) is 1.67. The van der Waals surface area contributed by atoms with Crippen LogP contribution in [0.4, 0.5) is 0 Å². The van der Waals surface area contributed by atoms with Gasteiger partial charge in [-0.25, -0.2) is 0 Å². The summed E-state index contributed by atoms with van der Waals surface area (Å²) in [5.41, 5.74) is 4.11.